The van der Waals surface area contributed by atoms with Gasteiger partial charge in [-0.2, -0.15) is 0 Å². The molecule has 0 radical (unpaired) electrons. The van der Waals surface area contributed by atoms with Crippen LogP contribution in [0.2, 0.25) is 5.02 Å². The number of amides is 1. The number of benzene rings is 1. The molecule has 1 amide bonds. The molecule has 6 nitrogen and oxygen atoms in total. The fourth-order valence-electron chi connectivity index (χ4n) is 2.13. The fraction of sp³-hybridized carbons (Fsp3) is 0.294. The van der Waals surface area contributed by atoms with E-state index in [1.807, 2.05) is 0 Å². The van der Waals surface area contributed by atoms with E-state index in [1.165, 1.54) is 24.3 Å². The van der Waals surface area contributed by atoms with Gasteiger partial charge in [-0.15, -0.1) is 11.3 Å². The Morgan fingerprint density at radius 2 is 1.88 bits per heavy atom. The van der Waals surface area contributed by atoms with Crippen molar-refractivity contribution in [3.63, 3.8) is 0 Å². The average Bonchev–Trinajstić information content (AvgIpc) is 2.94. The van der Waals surface area contributed by atoms with Gasteiger partial charge in [0.05, 0.1) is 22.3 Å². The summed E-state index contributed by atoms with van der Waals surface area (Å²) in [7, 11) is -3.58. The van der Waals surface area contributed by atoms with Gasteiger partial charge in [0.15, 0.2) is 9.84 Å². The predicted octanol–water partition coefficient (Wildman–Crippen LogP) is 3.69. The van der Waals surface area contributed by atoms with Crippen LogP contribution in [0.5, 0.6) is 0 Å². The smallest absolute Gasteiger partial charge is 0.348 e. The van der Waals surface area contributed by atoms with E-state index < -0.39 is 21.7 Å². The van der Waals surface area contributed by atoms with Gasteiger partial charge < -0.3 is 10.1 Å². The number of sulfone groups is 1. The first kappa shape index (κ1) is 20.4. The Morgan fingerprint density at radius 3 is 2.50 bits per heavy atom. The van der Waals surface area contributed by atoms with Crippen LogP contribution in [0.15, 0.2) is 35.2 Å². The Bertz CT molecular complexity index is 904. The third-order valence-corrected chi connectivity index (χ3v) is 6.53. The van der Waals surface area contributed by atoms with Crippen LogP contribution in [0, 0.1) is 6.92 Å². The van der Waals surface area contributed by atoms with Gasteiger partial charge in [0.25, 0.3) is 0 Å². The molecule has 0 unspecified atom stereocenters. The molecule has 1 N–H and O–H groups in total. The van der Waals surface area contributed by atoms with Gasteiger partial charge in [0.2, 0.25) is 5.91 Å². The molecule has 0 saturated carbocycles. The van der Waals surface area contributed by atoms with Crippen molar-refractivity contribution in [3.8, 4) is 0 Å². The monoisotopic (exact) mass is 415 g/mol. The van der Waals surface area contributed by atoms with Crippen molar-refractivity contribution in [2.75, 3.05) is 17.7 Å². The number of hydrogen-bond donors (Lipinski definition) is 1. The SMILES string of the molecule is CCOC(=O)c1sc(NC(=O)CCS(=O)(=O)c2ccc(Cl)cc2)cc1C. The lowest BCUT2D eigenvalue weighted by Crippen LogP contribution is -2.17. The van der Waals surface area contributed by atoms with E-state index in [2.05, 4.69) is 5.32 Å². The van der Waals surface area contributed by atoms with Gasteiger partial charge in [-0.25, -0.2) is 13.2 Å². The lowest BCUT2D eigenvalue weighted by Gasteiger charge is -2.05. The van der Waals surface area contributed by atoms with Crippen LogP contribution in [0.3, 0.4) is 0 Å². The fourth-order valence-corrected chi connectivity index (χ4v) is 4.48. The molecular weight excluding hydrogens is 398 g/mol. The first-order valence-electron chi connectivity index (χ1n) is 7.78. The number of ether oxygens (including phenoxy) is 1. The topological polar surface area (TPSA) is 89.5 Å². The quantitative estimate of drug-likeness (QED) is 0.696. The summed E-state index contributed by atoms with van der Waals surface area (Å²) in [6.07, 6.45) is -0.198. The van der Waals surface area contributed by atoms with Crippen molar-refractivity contribution in [2.45, 2.75) is 25.2 Å². The highest BCUT2D eigenvalue weighted by molar-refractivity contribution is 7.91. The highest BCUT2D eigenvalue weighted by Crippen LogP contribution is 2.27. The summed E-state index contributed by atoms with van der Waals surface area (Å²) in [5, 5.41) is 3.53. The zero-order valence-electron chi connectivity index (χ0n) is 14.2. The van der Waals surface area contributed by atoms with Crippen molar-refractivity contribution in [1.29, 1.82) is 0 Å². The van der Waals surface area contributed by atoms with Gasteiger partial charge in [-0.05, 0) is 49.7 Å². The summed E-state index contributed by atoms with van der Waals surface area (Å²) < 4.78 is 29.4. The number of hydrogen-bond acceptors (Lipinski definition) is 6. The van der Waals surface area contributed by atoms with E-state index in [0.717, 1.165) is 11.3 Å². The van der Waals surface area contributed by atoms with E-state index in [1.54, 1.807) is 19.9 Å². The van der Waals surface area contributed by atoms with Gasteiger partial charge >= 0.3 is 5.97 Å². The molecule has 1 aromatic carbocycles. The first-order chi connectivity index (χ1) is 12.2. The Kier molecular flexibility index (Phi) is 6.80. The molecule has 2 aromatic rings. The molecule has 0 aliphatic carbocycles. The minimum absolute atomic E-state index is 0.117. The second-order valence-electron chi connectivity index (χ2n) is 5.41. The molecule has 0 fully saturated rings. The standard InChI is InChI=1S/C17H18ClNO5S2/c1-3-24-17(21)16-11(2)10-15(25-16)19-14(20)8-9-26(22,23)13-6-4-12(18)5-7-13/h4-7,10H,3,8-9H2,1-2H3,(H,19,20). The summed E-state index contributed by atoms with van der Waals surface area (Å²) >= 11 is 6.84. The number of carbonyl (C=O) groups excluding carboxylic acids is 2. The summed E-state index contributed by atoms with van der Waals surface area (Å²) in [5.41, 5.74) is 0.692. The highest BCUT2D eigenvalue weighted by atomic mass is 35.5. The van der Waals surface area contributed by atoms with Crippen LogP contribution < -0.4 is 5.32 Å². The van der Waals surface area contributed by atoms with Gasteiger partial charge in [-0.3, -0.25) is 4.79 Å². The molecule has 9 heteroatoms. The highest BCUT2D eigenvalue weighted by Gasteiger charge is 2.19. The molecule has 26 heavy (non-hydrogen) atoms. The van der Waals surface area contributed by atoms with Crippen molar-refractivity contribution < 1.29 is 22.7 Å². The number of nitrogens with one attached hydrogen (secondary N) is 1. The molecule has 1 heterocycles. The lowest BCUT2D eigenvalue weighted by molar-refractivity contribution is -0.115. The number of esters is 1. The predicted molar refractivity (Wildman–Crippen MR) is 102 cm³/mol. The summed E-state index contributed by atoms with van der Waals surface area (Å²) in [5.74, 6) is -1.21. The van der Waals surface area contributed by atoms with Crippen molar-refractivity contribution in [1.82, 2.24) is 0 Å². The van der Waals surface area contributed by atoms with E-state index in [4.69, 9.17) is 16.3 Å². The molecule has 0 atom stereocenters. The maximum atomic E-state index is 12.2. The molecule has 0 spiro atoms. The van der Waals surface area contributed by atoms with E-state index in [-0.39, 0.29) is 23.7 Å². The molecular formula is C17H18ClNO5S2. The van der Waals surface area contributed by atoms with Crippen molar-refractivity contribution >= 4 is 49.7 Å². The third kappa shape index (κ3) is 5.30. The molecule has 0 aliphatic rings. The zero-order chi connectivity index (χ0) is 19.3. The molecule has 2 rings (SSSR count). The molecule has 0 saturated heterocycles. The van der Waals surface area contributed by atoms with Gasteiger partial charge in [0, 0.05) is 11.4 Å². The van der Waals surface area contributed by atoms with Crippen molar-refractivity contribution in [3.05, 3.63) is 45.8 Å². The van der Waals surface area contributed by atoms with Crippen LogP contribution in [0.25, 0.3) is 0 Å². The second kappa shape index (κ2) is 8.66. The summed E-state index contributed by atoms with van der Waals surface area (Å²) in [6, 6.07) is 7.44. The summed E-state index contributed by atoms with van der Waals surface area (Å²) in [6.45, 7) is 3.72. The number of aryl methyl sites for hydroxylation is 1. The Hall–Kier alpha value is -1.90. The molecule has 140 valence electrons. The lowest BCUT2D eigenvalue weighted by atomic mass is 10.3. The first-order valence-corrected chi connectivity index (χ1v) is 10.6. The number of rotatable bonds is 7. The van der Waals surface area contributed by atoms with E-state index in [9.17, 15) is 18.0 Å². The number of halogens is 1. The van der Waals surface area contributed by atoms with Crippen LogP contribution in [-0.2, 0) is 19.4 Å². The Labute approximate surface area is 161 Å². The number of anilines is 1. The Balaban J connectivity index is 1.98. The normalized spacial score (nSPS) is 11.2. The van der Waals surface area contributed by atoms with Crippen LogP contribution in [0.1, 0.15) is 28.6 Å². The number of thiophene rings is 1. The Morgan fingerprint density at radius 1 is 1.23 bits per heavy atom. The summed E-state index contributed by atoms with van der Waals surface area (Å²) in [4.78, 5) is 24.4. The zero-order valence-corrected chi connectivity index (χ0v) is 16.6. The van der Waals surface area contributed by atoms with Crippen LogP contribution in [0.4, 0.5) is 5.00 Å². The third-order valence-electron chi connectivity index (χ3n) is 3.41. The van der Waals surface area contributed by atoms with Gasteiger partial charge in [0.1, 0.15) is 4.88 Å². The van der Waals surface area contributed by atoms with E-state index >= 15 is 0 Å². The molecule has 0 aliphatic heterocycles. The largest absolute Gasteiger partial charge is 0.462 e. The van der Waals surface area contributed by atoms with E-state index in [0.29, 0.717) is 20.5 Å². The molecule has 0 bridgehead atoms. The second-order valence-corrected chi connectivity index (χ2v) is 9.01. The maximum Gasteiger partial charge on any atom is 0.348 e. The minimum atomic E-state index is -3.58. The van der Waals surface area contributed by atoms with Gasteiger partial charge in [-0.1, -0.05) is 11.6 Å². The number of carbonyl (C=O) groups is 2. The average molecular weight is 416 g/mol. The maximum absolute atomic E-state index is 12.2. The van der Waals surface area contributed by atoms with Crippen molar-refractivity contribution in [2.24, 2.45) is 0 Å². The van der Waals surface area contributed by atoms with Crippen LogP contribution >= 0.6 is 22.9 Å². The van der Waals surface area contributed by atoms with Crippen LogP contribution in [-0.4, -0.2) is 32.7 Å². The minimum Gasteiger partial charge on any atom is -0.462 e. The molecule has 1 aromatic heterocycles.